The van der Waals surface area contributed by atoms with Crippen molar-refractivity contribution in [2.75, 3.05) is 18.9 Å². The van der Waals surface area contributed by atoms with E-state index in [1.807, 2.05) is 31.2 Å². The van der Waals surface area contributed by atoms with Crippen molar-refractivity contribution in [1.82, 2.24) is 25.1 Å². The lowest BCUT2D eigenvalue weighted by atomic mass is 10.2. The van der Waals surface area contributed by atoms with E-state index in [1.165, 1.54) is 18.0 Å². The second-order valence-electron chi connectivity index (χ2n) is 6.68. The predicted octanol–water partition coefficient (Wildman–Crippen LogP) is 1.80. The van der Waals surface area contributed by atoms with E-state index in [9.17, 15) is 9.59 Å². The van der Waals surface area contributed by atoms with Gasteiger partial charge in [0.05, 0.1) is 23.7 Å². The van der Waals surface area contributed by atoms with Crippen molar-refractivity contribution in [3.8, 4) is 5.69 Å². The van der Waals surface area contributed by atoms with Crippen molar-refractivity contribution in [3.05, 3.63) is 46.4 Å². The lowest BCUT2D eigenvalue weighted by molar-refractivity contribution is -0.119. The van der Waals surface area contributed by atoms with Crippen LogP contribution in [0.4, 0.5) is 0 Å². The molecule has 0 aliphatic carbocycles. The number of fused-ring (bicyclic) bond motifs is 1. The average Bonchev–Trinajstić information content (AvgIpc) is 3.35. The third kappa shape index (κ3) is 3.95. The highest BCUT2D eigenvalue weighted by Gasteiger charge is 2.17. The molecule has 2 aromatic heterocycles. The van der Waals surface area contributed by atoms with Crippen LogP contribution in [0.25, 0.3) is 16.7 Å². The first-order chi connectivity index (χ1) is 13.6. The van der Waals surface area contributed by atoms with E-state index in [1.54, 1.807) is 4.68 Å². The highest BCUT2D eigenvalue weighted by atomic mass is 32.2. The number of H-pyrrole nitrogens is 1. The number of rotatable bonds is 6. The van der Waals surface area contributed by atoms with Crippen LogP contribution in [0.5, 0.6) is 0 Å². The zero-order valence-electron chi connectivity index (χ0n) is 15.5. The van der Waals surface area contributed by atoms with E-state index in [4.69, 9.17) is 4.74 Å². The standard InChI is InChI=1S/C19H21N5O3S/c1-12-5-2-3-7-15(12)24-17-14(10-21-24)18(26)23-19(22-17)28-11-16(25)20-9-13-6-4-8-27-13/h2-3,5,7,10,13H,4,6,8-9,11H2,1H3,(H,20,25)(H,22,23,26). The lowest BCUT2D eigenvalue weighted by Crippen LogP contribution is -2.33. The van der Waals surface area contributed by atoms with Crippen LogP contribution in [0, 0.1) is 6.92 Å². The maximum Gasteiger partial charge on any atom is 0.262 e. The Hall–Kier alpha value is -2.65. The smallest absolute Gasteiger partial charge is 0.262 e. The summed E-state index contributed by atoms with van der Waals surface area (Å²) in [6.45, 7) is 3.25. The number of thioether (sulfide) groups is 1. The minimum Gasteiger partial charge on any atom is -0.376 e. The van der Waals surface area contributed by atoms with E-state index in [0.29, 0.717) is 22.7 Å². The monoisotopic (exact) mass is 399 g/mol. The second-order valence-corrected chi connectivity index (χ2v) is 7.64. The molecule has 9 heteroatoms. The number of ether oxygens (including phenoxy) is 1. The molecule has 3 aromatic rings. The van der Waals surface area contributed by atoms with Crippen molar-refractivity contribution < 1.29 is 9.53 Å². The third-order valence-corrected chi connectivity index (χ3v) is 5.52. The largest absolute Gasteiger partial charge is 0.376 e. The zero-order valence-corrected chi connectivity index (χ0v) is 16.3. The average molecular weight is 399 g/mol. The minimum atomic E-state index is -0.271. The summed E-state index contributed by atoms with van der Waals surface area (Å²) in [5, 5.41) is 7.99. The van der Waals surface area contributed by atoms with Gasteiger partial charge in [0, 0.05) is 13.2 Å². The molecule has 1 aromatic carbocycles. The first-order valence-corrected chi connectivity index (χ1v) is 10.2. The lowest BCUT2D eigenvalue weighted by Gasteiger charge is -2.10. The molecule has 4 rings (SSSR count). The van der Waals surface area contributed by atoms with Crippen LogP contribution in [-0.4, -0.2) is 50.7 Å². The number of hydrogen-bond acceptors (Lipinski definition) is 6. The summed E-state index contributed by atoms with van der Waals surface area (Å²) in [4.78, 5) is 31.7. The van der Waals surface area contributed by atoms with Gasteiger partial charge in [0.1, 0.15) is 5.39 Å². The number of nitrogens with one attached hydrogen (secondary N) is 2. The molecule has 0 bridgehead atoms. The molecule has 3 heterocycles. The number of carbonyl (C=O) groups is 1. The Morgan fingerprint density at radius 3 is 3.07 bits per heavy atom. The van der Waals surface area contributed by atoms with Crippen molar-refractivity contribution in [2.45, 2.75) is 31.0 Å². The summed E-state index contributed by atoms with van der Waals surface area (Å²) in [5.41, 5.74) is 2.09. The molecule has 1 fully saturated rings. The minimum absolute atomic E-state index is 0.103. The van der Waals surface area contributed by atoms with Crippen LogP contribution in [0.1, 0.15) is 18.4 Å². The summed E-state index contributed by atoms with van der Waals surface area (Å²) in [6, 6.07) is 7.76. The van der Waals surface area contributed by atoms with Crippen molar-refractivity contribution >= 4 is 28.7 Å². The molecule has 2 N–H and O–H groups in total. The van der Waals surface area contributed by atoms with E-state index in [2.05, 4.69) is 20.4 Å². The van der Waals surface area contributed by atoms with Crippen LogP contribution in [0.3, 0.4) is 0 Å². The SMILES string of the molecule is Cc1ccccc1-n1ncc2c(=O)[nH]c(SCC(=O)NCC3CCCO3)nc21. The fourth-order valence-electron chi connectivity index (χ4n) is 3.16. The number of aromatic nitrogens is 4. The van der Waals surface area contributed by atoms with Gasteiger partial charge in [-0.2, -0.15) is 5.10 Å². The van der Waals surface area contributed by atoms with Gasteiger partial charge in [0.2, 0.25) is 5.91 Å². The number of amides is 1. The van der Waals surface area contributed by atoms with Gasteiger partial charge in [-0.25, -0.2) is 9.67 Å². The van der Waals surface area contributed by atoms with E-state index in [-0.39, 0.29) is 23.3 Å². The summed E-state index contributed by atoms with van der Waals surface area (Å²) in [6.07, 6.45) is 3.62. The Morgan fingerprint density at radius 2 is 2.29 bits per heavy atom. The molecular formula is C19H21N5O3S. The number of aryl methyl sites for hydroxylation is 1. The van der Waals surface area contributed by atoms with Crippen molar-refractivity contribution in [3.63, 3.8) is 0 Å². The Balaban J connectivity index is 1.50. The van der Waals surface area contributed by atoms with E-state index in [0.717, 1.165) is 30.7 Å². The number of benzene rings is 1. The topological polar surface area (TPSA) is 102 Å². The molecule has 8 nitrogen and oxygen atoms in total. The van der Waals surface area contributed by atoms with Crippen LogP contribution in [0.15, 0.2) is 40.4 Å². The van der Waals surface area contributed by atoms with Gasteiger partial charge in [-0.15, -0.1) is 0 Å². The molecule has 1 atom stereocenters. The highest BCUT2D eigenvalue weighted by Crippen LogP contribution is 2.19. The fourth-order valence-corrected chi connectivity index (χ4v) is 3.85. The van der Waals surface area contributed by atoms with Crippen LogP contribution in [0.2, 0.25) is 0 Å². The predicted molar refractivity (Wildman–Crippen MR) is 107 cm³/mol. The number of hydrogen-bond donors (Lipinski definition) is 2. The van der Waals surface area contributed by atoms with Crippen LogP contribution in [-0.2, 0) is 9.53 Å². The summed E-state index contributed by atoms with van der Waals surface area (Å²) >= 11 is 1.19. The Kier molecular flexibility index (Phi) is 5.45. The summed E-state index contributed by atoms with van der Waals surface area (Å²) in [5.74, 6) is 0.0512. The van der Waals surface area contributed by atoms with Crippen LogP contribution < -0.4 is 10.9 Å². The van der Waals surface area contributed by atoms with Gasteiger partial charge in [0.15, 0.2) is 10.8 Å². The van der Waals surface area contributed by atoms with E-state index >= 15 is 0 Å². The molecule has 1 saturated heterocycles. The molecule has 1 aliphatic heterocycles. The molecule has 1 unspecified atom stereocenters. The maximum atomic E-state index is 12.4. The molecule has 28 heavy (non-hydrogen) atoms. The molecule has 0 saturated carbocycles. The van der Waals surface area contributed by atoms with Gasteiger partial charge in [-0.3, -0.25) is 9.59 Å². The van der Waals surface area contributed by atoms with Gasteiger partial charge in [0.25, 0.3) is 5.56 Å². The van der Waals surface area contributed by atoms with Crippen molar-refractivity contribution in [2.24, 2.45) is 0 Å². The third-order valence-electron chi connectivity index (χ3n) is 4.65. The summed E-state index contributed by atoms with van der Waals surface area (Å²) < 4.78 is 7.15. The van der Waals surface area contributed by atoms with Crippen LogP contribution >= 0.6 is 11.8 Å². The normalized spacial score (nSPS) is 16.5. The highest BCUT2D eigenvalue weighted by molar-refractivity contribution is 7.99. The number of aromatic amines is 1. The second kappa shape index (κ2) is 8.15. The molecule has 0 spiro atoms. The van der Waals surface area contributed by atoms with Gasteiger partial charge in [-0.1, -0.05) is 30.0 Å². The molecule has 0 radical (unpaired) electrons. The summed E-state index contributed by atoms with van der Waals surface area (Å²) in [7, 11) is 0. The molecular weight excluding hydrogens is 378 g/mol. The molecule has 146 valence electrons. The van der Waals surface area contributed by atoms with E-state index < -0.39 is 0 Å². The first-order valence-electron chi connectivity index (χ1n) is 9.17. The quantitative estimate of drug-likeness (QED) is 0.484. The zero-order chi connectivity index (χ0) is 19.5. The number of nitrogens with zero attached hydrogens (tertiary/aromatic N) is 3. The number of carbonyl (C=O) groups excluding carboxylic acids is 1. The molecule has 1 amide bonds. The maximum absolute atomic E-state index is 12.4. The first kappa shape index (κ1) is 18.7. The van der Waals surface area contributed by atoms with Gasteiger partial charge in [-0.05, 0) is 31.4 Å². The Morgan fingerprint density at radius 1 is 1.43 bits per heavy atom. The van der Waals surface area contributed by atoms with Gasteiger partial charge < -0.3 is 15.0 Å². The van der Waals surface area contributed by atoms with Crippen molar-refractivity contribution in [1.29, 1.82) is 0 Å². The van der Waals surface area contributed by atoms with Gasteiger partial charge >= 0.3 is 0 Å². The molecule has 1 aliphatic rings. The Bertz CT molecular complexity index is 1060. The number of para-hydroxylation sites is 1. The Labute approximate surface area is 165 Å². The fraction of sp³-hybridized carbons (Fsp3) is 0.368.